The van der Waals surface area contributed by atoms with Gasteiger partial charge in [-0.3, -0.25) is 19.0 Å². The average molecular weight is 325 g/mol. The molecule has 9 heteroatoms. The van der Waals surface area contributed by atoms with Gasteiger partial charge in [0, 0.05) is 20.3 Å². The van der Waals surface area contributed by atoms with Gasteiger partial charge in [0.2, 0.25) is 5.91 Å². The summed E-state index contributed by atoms with van der Waals surface area (Å²) in [6, 6.07) is -0.578. The molecule has 0 aliphatic rings. The predicted molar refractivity (Wildman–Crippen MR) is 81.9 cm³/mol. The number of nitrogens with one attached hydrogen (secondary N) is 2. The van der Waals surface area contributed by atoms with E-state index in [1.54, 1.807) is 27.1 Å². The van der Waals surface area contributed by atoms with Crippen LogP contribution in [0.4, 0.5) is 5.69 Å². The highest BCUT2D eigenvalue weighted by Crippen LogP contribution is 2.20. The van der Waals surface area contributed by atoms with Crippen molar-refractivity contribution >= 4 is 29.1 Å². The van der Waals surface area contributed by atoms with Crippen molar-refractivity contribution in [3.63, 3.8) is 0 Å². The van der Waals surface area contributed by atoms with E-state index in [4.69, 9.17) is 11.6 Å². The molecule has 0 aromatic carbocycles. The van der Waals surface area contributed by atoms with E-state index >= 15 is 0 Å². The van der Waals surface area contributed by atoms with Gasteiger partial charge in [-0.1, -0.05) is 11.6 Å². The third-order valence-electron chi connectivity index (χ3n) is 3.26. The van der Waals surface area contributed by atoms with Crippen molar-refractivity contribution in [2.24, 2.45) is 7.05 Å². The Labute approximate surface area is 132 Å². The number of amides is 2. The third kappa shape index (κ3) is 2.96. The van der Waals surface area contributed by atoms with Crippen molar-refractivity contribution in [1.82, 2.24) is 24.9 Å². The second kappa shape index (κ2) is 6.18. The summed E-state index contributed by atoms with van der Waals surface area (Å²) in [6.07, 6.45) is 3.05. The summed E-state index contributed by atoms with van der Waals surface area (Å²) < 4.78 is 2.98. The molecule has 0 aliphatic carbocycles. The maximum atomic E-state index is 12.4. The highest BCUT2D eigenvalue weighted by Gasteiger charge is 2.22. The normalized spacial score (nSPS) is 12.0. The molecule has 22 heavy (non-hydrogen) atoms. The molecule has 0 spiro atoms. The van der Waals surface area contributed by atoms with Gasteiger partial charge in [-0.25, -0.2) is 0 Å². The first-order valence-corrected chi connectivity index (χ1v) is 6.99. The van der Waals surface area contributed by atoms with Gasteiger partial charge in [-0.15, -0.1) is 0 Å². The van der Waals surface area contributed by atoms with Crippen LogP contribution in [0.2, 0.25) is 5.02 Å². The van der Waals surface area contributed by atoms with Crippen LogP contribution in [0, 0.1) is 6.92 Å². The molecule has 8 nitrogen and oxygen atoms in total. The predicted octanol–water partition coefficient (Wildman–Crippen LogP) is 1.14. The summed E-state index contributed by atoms with van der Waals surface area (Å²) in [5.41, 5.74) is 1.19. The Kier molecular flexibility index (Phi) is 4.51. The summed E-state index contributed by atoms with van der Waals surface area (Å²) >= 11 is 5.95. The molecular weight excluding hydrogens is 308 g/mol. The van der Waals surface area contributed by atoms with Crippen molar-refractivity contribution in [2.75, 3.05) is 12.4 Å². The van der Waals surface area contributed by atoms with Gasteiger partial charge in [0.25, 0.3) is 5.91 Å². The van der Waals surface area contributed by atoms with Crippen molar-refractivity contribution in [2.45, 2.75) is 19.9 Å². The number of nitrogens with zero attached hydrogens (tertiary/aromatic N) is 4. The quantitative estimate of drug-likeness (QED) is 0.881. The van der Waals surface area contributed by atoms with Crippen LogP contribution in [0.3, 0.4) is 0 Å². The van der Waals surface area contributed by atoms with Crippen molar-refractivity contribution in [3.8, 4) is 0 Å². The Hall–Kier alpha value is -2.35. The molecule has 118 valence electrons. The van der Waals surface area contributed by atoms with Crippen LogP contribution in [0.5, 0.6) is 0 Å². The van der Waals surface area contributed by atoms with E-state index in [9.17, 15) is 9.59 Å². The van der Waals surface area contributed by atoms with Crippen LogP contribution in [0.25, 0.3) is 0 Å². The summed E-state index contributed by atoms with van der Waals surface area (Å²) in [5.74, 6) is -0.692. The van der Waals surface area contributed by atoms with Crippen LogP contribution < -0.4 is 10.6 Å². The van der Waals surface area contributed by atoms with E-state index in [2.05, 4.69) is 20.8 Å². The summed E-state index contributed by atoms with van der Waals surface area (Å²) in [5, 5.41) is 13.8. The van der Waals surface area contributed by atoms with Crippen molar-refractivity contribution < 1.29 is 9.59 Å². The Balaban J connectivity index is 2.22. The van der Waals surface area contributed by atoms with E-state index in [1.807, 2.05) is 0 Å². The van der Waals surface area contributed by atoms with Gasteiger partial charge >= 0.3 is 0 Å². The molecular formula is C13H17ClN6O2. The second-order valence-electron chi connectivity index (χ2n) is 4.83. The van der Waals surface area contributed by atoms with Crippen LogP contribution in [0.1, 0.15) is 29.1 Å². The fourth-order valence-electron chi connectivity index (χ4n) is 2.01. The number of carbonyl (C=O) groups excluding carboxylic acids is 2. The molecule has 2 rings (SSSR count). The molecule has 1 atom stereocenters. The van der Waals surface area contributed by atoms with Crippen molar-refractivity contribution in [3.05, 3.63) is 28.8 Å². The molecule has 2 aromatic rings. The number of hydrogen-bond donors (Lipinski definition) is 2. The molecule has 0 radical (unpaired) electrons. The van der Waals surface area contributed by atoms with Gasteiger partial charge < -0.3 is 10.6 Å². The molecule has 2 aromatic heterocycles. The fraction of sp³-hybridized carbons (Fsp3) is 0.385. The second-order valence-corrected chi connectivity index (χ2v) is 5.24. The Bertz CT molecular complexity index is 720. The van der Waals surface area contributed by atoms with Gasteiger partial charge in [-0.05, 0) is 13.8 Å². The summed E-state index contributed by atoms with van der Waals surface area (Å²) in [4.78, 5) is 24.1. The Morgan fingerprint density at radius 1 is 1.41 bits per heavy atom. The molecule has 2 heterocycles. The number of halogens is 1. The zero-order chi connectivity index (χ0) is 16.4. The highest BCUT2D eigenvalue weighted by molar-refractivity contribution is 6.31. The van der Waals surface area contributed by atoms with Crippen LogP contribution in [0.15, 0.2) is 12.4 Å². The van der Waals surface area contributed by atoms with Crippen molar-refractivity contribution in [1.29, 1.82) is 0 Å². The minimum Gasteiger partial charge on any atom is -0.354 e. The zero-order valence-corrected chi connectivity index (χ0v) is 13.5. The molecule has 0 saturated heterocycles. The van der Waals surface area contributed by atoms with Gasteiger partial charge in [0.05, 0.1) is 22.6 Å². The number of aryl methyl sites for hydroxylation is 1. The van der Waals surface area contributed by atoms with Crippen LogP contribution in [-0.2, 0) is 11.8 Å². The smallest absolute Gasteiger partial charge is 0.273 e. The topological polar surface area (TPSA) is 93.8 Å². The highest BCUT2D eigenvalue weighted by atomic mass is 35.5. The number of aromatic nitrogens is 4. The average Bonchev–Trinajstić information content (AvgIpc) is 3.01. The standard InChI is InChI=1S/C13H17ClN6O2/c1-7-9(14)5-16-20(7)8(2)12(21)17-10-6-19(4)18-11(10)13(22)15-3/h5-6,8H,1-4H3,(H,15,22)(H,17,21)/t8-/m1/s1. The Morgan fingerprint density at radius 3 is 2.64 bits per heavy atom. The van der Waals surface area contributed by atoms with Gasteiger partial charge in [0.15, 0.2) is 5.69 Å². The molecule has 0 saturated carbocycles. The molecule has 2 N–H and O–H groups in total. The maximum Gasteiger partial charge on any atom is 0.273 e. The van der Waals surface area contributed by atoms with E-state index in [0.717, 1.165) is 0 Å². The monoisotopic (exact) mass is 324 g/mol. The molecule has 0 fully saturated rings. The molecule has 2 amide bonds. The maximum absolute atomic E-state index is 12.4. The summed E-state index contributed by atoms with van der Waals surface area (Å²) in [6.45, 7) is 3.47. The lowest BCUT2D eigenvalue weighted by atomic mass is 10.2. The molecule has 0 bridgehead atoms. The lowest BCUT2D eigenvalue weighted by Gasteiger charge is -2.14. The van der Waals surface area contributed by atoms with Crippen LogP contribution >= 0.6 is 11.6 Å². The van der Waals surface area contributed by atoms with Gasteiger partial charge in [0.1, 0.15) is 6.04 Å². The van der Waals surface area contributed by atoms with Crippen LogP contribution in [-0.4, -0.2) is 38.4 Å². The largest absolute Gasteiger partial charge is 0.354 e. The lowest BCUT2D eigenvalue weighted by molar-refractivity contribution is -0.119. The number of hydrogen-bond acceptors (Lipinski definition) is 4. The first-order chi connectivity index (χ1) is 10.3. The van der Waals surface area contributed by atoms with E-state index in [1.165, 1.54) is 22.6 Å². The SMILES string of the molecule is CNC(=O)c1nn(C)cc1NC(=O)[C@@H](C)n1ncc(Cl)c1C. The fourth-order valence-corrected chi connectivity index (χ4v) is 2.14. The van der Waals surface area contributed by atoms with Gasteiger partial charge in [-0.2, -0.15) is 10.2 Å². The molecule has 0 unspecified atom stereocenters. The summed E-state index contributed by atoms with van der Waals surface area (Å²) in [7, 11) is 3.17. The first-order valence-electron chi connectivity index (χ1n) is 6.61. The third-order valence-corrected chi connectivity index (χ3v) is 3.63. The number of anilines is 1. The zero-order valence-electron chi connectivity index (χ0n) is 12.7. The van der Waals surface area contributed by atoms with E-state index in [0.29, 0.717) is 16.4 Å². The number of rotatable bonds is 4. The van der Waals surface area contributed by atoms with E-state index in [-0.39, 0.29) is 17.5 Å². The van der Waals surface area contributed by atoms with E-state index < -0.39 is 6.04 Å². The Morgan fingerprint density at radius 2 is 2.09 bits per heavy atom. The minimum absolute atomic E-state index is 0.153. The number of carbonyl (C=O) groups is 2. The lowest BCUT2D eigenvalue weighted by Crippen LogP contribution is -2.27. The minimum atomic E-state index is -0.578. The molecule has 0 aliphatic heterocycles. The first kappa shape index (κ1) is 16.0.